The number of carbonyl (C=O) groups is 2. The van der Waals surface area contributed by atoms with Gasteiger partial charge in [0.15, 0.2) is 6.61 Å². The summed E-state index contributed by atoms with van der Waals surface area (Å²) in [5, 5.41) is 2.99. The molecular formula is C24H30N4O3. The number of benzene rings is 2. The van der Waals surface area contributed by atoms with E-state index in [1.54, 1.807) is 17.0 Å². The number of rotatable bonds is 7. The topological polar surface area (TPSA) is 65.1 Å². The minimum Gasteiger partial charge on any atom is -0.484 e. The Morgan fingerprint density at radius 3 is 2.42 bits per heavy atom. The van der Waals surface area contributed by atoms with Crippen LogP contribution in [0.25, 0.3) is 0 Å². The molecule has 0 aliphatic carbocycles. The van der Waals surface area contributed by atoms with Crippen molar-refractivity contribution in [2.24, 2.45) is 0 Å². The first-order chi connectivity index (χ1) is 15.1. The van der Waals surface area contributed by atoms with Crippen LogP contribution >= 0.6 is 0 Å². The minimum atomic E-state index is -0.196. The fourth-order valence-corrected chi connectivity index (χ4v) is 4.14. The van der Waals surface area contributed by atoms with E-state index >= 15 is 0 Å². The van der Waals surface area contributed by atoms with E-state index in [0.29, 0.717) is 12.2 Å². The number of amides is 2. The van der Waals surface area contributed by atoms with Gasteiger partial charge in [-0.1, -0.05) is 19.1 Å². The first kappa shape index (κ1) is 21.2. The molecule has 2 aromatic rings. The summed E-state index contributed by atoms with van der Waals surface area (Å²) in [6.45, 7) is 7.89. The van der Waals surface area contributed by atoms with Crippen LogP contribution < -0.4 is 19.9 Å². The van der Waals surface area contributed by atoms with Crippen molar-refractivity contribution < 1.29 is 14.3 Å². The van der Waals surface area contributed by atoms with Gasteiger partial charge in [-0.05, 0) is 49.4 Å². The van der Waals surface area contributed by atoms with Crippen LogP contribution in [0.1, 0.15) is 19.8 Å². The number of anilines is 3. The number of hydrogen-bond acceptors (Lipinski definition) is 5. The molecule has 2 saturated heterocycles. The number of para-hydroxylation sites is 2. The quantitative estimate of drug-likeness (QED) is 0.743. The van der Waals surface area contributed by atoms with Gasteiger partial charge in [-0.15, -0.1) is 0 Å². The van der Waals surface area contributed by atoms with E-state index in [1.165, 1.54) is 0 Å². The van der Waals surface area contributed by atoms with Gasteiger partial charge in [-0.3, -0.25) is 9.59 Å². The predicted octanol–water partition coefficient (Wildman–Crippen LogP) is 2.97. The molecule has 0 radical (unpaired) electrons. The first-order valence-corrected chi connectivity index (χ1v) is 11.0. The van der Waals surface area contributed by atoms with Gasteiger partial charge in [-0.25, -0.2) is 0 Å². The molecule has 4 rings (SSSR count). The fourth-order valence-electron chi connectivity index (χ4n) is 4.14. The molecular weight excluding hydrogens is 392 g/mol. The zero-order chi connectivity index (χ0) is 21.6. The zero-order valence-electron chi connectivity index (χ0n) is 18.0. The number of carbonyl (C=O) groups excluding carboxylic acids is 2. The van der Waals surface area contributed by atoms with Gasteiger partial charge in [-0.2, -0.15) is 0 Å². The van der Waals surface area contributed by atoms with Crippen LogP contribution in [-0.4, -0.2) is 62.6 Å². The Kier molecular flexibility index (Phi) is 6.72. The average Bonchev–Trinajstić information content (AvgIpc) is 3.24. The van der Waals surface area contributed by atoms with Gasteiger partial charge < -0.3 is 24.8 Å². The molecule has 2 aliphatic rings. The highest BCUT2D eigenvalue weighted by atomic mass is 16.5. The third kappa shape index (κ3) is 5.17. The predicted molar refractivity (Wildman–Crippen MR) is 123 cm³/mol. The normalized spacial score (nSPS) is 17.1. The molecule has 2 heterocycles. The van der Waals surface area contributed by atoms with Crippen LogP contribution in [0.3, 0.4) is 0 Å². The van der Waals surface area contributed by atoms with E-state index in [1.807, 2.05) is 30.3 Å². The molecule has 1 N–H and O–H groups in total. The Morgan fingerprint density at radius 2 is 1.74 bits per heavy atom. The highest BCUT2D eigenvalue weighted by Gasteiger charge is 2.22. The van der Waals surface area contributed by atoms with Crippen molar-refractivity contribution in [2.45, 2.75) is 19.8 Å². The third-order valence-corrected chi connectivity index (χ3v) is 5.93. The average molecular weight is 423 g/mol. The van der Waals surface area contributed by atoms with Crippen LogP contribution in [-0.2, 0) is 9.59 Å². The molecule has 0 bridgehead atoms. The Hall–Kier alpha value is -3.06. The van der Waals surface area contributed by atoms with Crippen LogP contribution in [0.2, 0.25) is 0 Å². The largest absolute Gasteiger partial charge is 0.484 e. The van der Waals surface area contributed by atoms with Crippen LogP contribution in [0, 0.1) is 0 Å². The van der Waals surface area contributed by atoms with E-state index in [2.05, 4.69) is 28.1 Å². The van der Waals surface area contributed by atoms with Gasteiger partial charge in [0.1, 0.15) is 5.75 Å². The summed E-state index contributed by atoms with van der Waals surface area (Å²) in [5.41, 5.74) is 2.73. The molecule has 2 fully saturated rings. The SMILES string of the molecule is CCN1CCN(c2ccccc2NC(=O)COc2ccc(N3CCCC3=O)cc2)CC1. The van der Waals surface area contributed by atoms with E-state index in [0.717, 1.165) is 62.8 Å². The second-order valence-electron chi connectivity index (χ2n) is 7.92. The third-order valence-electron chi connectivity index (χ3n) is 5.93. The van der Waals surface area contributed by atoms with Crippen molar-refractivity contribution in [2.75, 3.05) is 61.0 Å². The maximum absolute atomic E-state index is 12.5. The molecule has 2 aliphatic heterocycles. The van der Waals surface area contributed by atoms with Gasteiger partial charge in [0, 0.05) is 44.8 Å². The lowest BCUT2D eigenvalue weighted by atomic mass is 10.2. The van der Waals surface area contributed by atoms with Crippen molar-refractivity contribution in [1.29, 1.82) is 0 Å². The van der Waals surface area contributed by atoms with E-state index < -0.39 is 0 Å². The first-order valence-electron chi connectivity index (χ1n) is 11.0. The summed E-state index contributed by atoms with van der Waals surface area (Å²) < 4.78 is 5.66. The monoisotopic (exact) mass is 422 g/mol. The Labute approximate surface area is 183 Å². The highest BCUT2D eigenvalue weighted by Crippen LogP contribution is 2.27. The van der Waals surface area contributed by atoms with Crippen molar-refractivity contribution in [1.82, 2.24) is 4.90 Å². The molecule has 0 saturated carbocycles. The molecule has 0 atom stereocenters. The Bertz CT molecular complexity index is 907. The summed E-state index contributed by atoms with van der Waals surface area (Å²) >= 11 is 0. The van der Waals surface area contributed by atoms with E-state index in [4.69, 9.17) is 4.74 Å². The lowest BCUT2D eigenvalue weighted by Crippen LogP contribution is -2.46. The smallest absolute Gasteiger partial charge is 0.262 e. The van der Waals surface area contributed by atoms with Crippen molar-refractivity contribution in [3.63, 3.8) is 0 Å². The molecule has 0 aromatic heterocycles. The van der Waals surface area contributed by atoms with Crippen LogP contribution in [0.5, 0.6) is 5.75 Å². The number of piperazine rings is 1. The molecule has 0 unspecified atom stereocenters. The number of likely N-dealkylation sites (N-methyl/N-ethyl adjacent to an activating group) is 1. The van der Waals surface area contributed by atoms with E-state index in [-0.39, 0.29) is 18.4 Å². The second-order valence-corrected chi connectivity index (χ2v) is 7.92. The molecule has 2 amide bonds. The standard InChI is InChI=1S/C24H30N4O3/c1-2-26-14-16-27(17-15-26)22-7-4-3-6-21(22)25-23(29)18-31-20-11-9-19(10-12-20)28-13-5-8-24(28)30/h3-4,6-7,9-12H,2,5,8,13-18H2,1H3,(H,25,29). The molecule has 164 valence electrons. The van der Waals surface area contributed by atoms with Gasteiger partial charge >= 0.3 is 0 Å². The Balaban J connectivity index is 1.32. The van der Waals surface area contributed by atoms with Gasteiger partial charge in [0.2, 0.25) is 5.91 Å². The van der Waals surface area contributed by atoms with Crippen molar-refractivity contribution >= 4 is 28.9 Å². The number of nitrogens with zero attached hydrogens (tertiary/aromatic N) is 3. The van der Waals surface area contributed by atoms with Crippen LogP contribution in [0.15, 0.2) is 48.5 Å². The second kappa shape index (κ2) is 9.83. The summed E-state index contributed by atoms with van der Waals surface area (Å²) in [7, 11) is 0. The van der Waals surface area contributed by atoms with Gasteiger partial charge in [0.25, 0.3) is 5.91 Å². The number of ether oxygens (including phenoxy) is 1. The molecule has 2 aromatic carbocycles. The molecule has 0 spiro atoms. The van der Waals surface area contributed by atoms with Crippen LogP contribution in [0.4, 0.5) is 17.1 Å². The van der Waals surface area contributed by atoms with Crippen molar-refractivity contribution in [3.05, 3.63) is 48.5 Å². The lowest BCUT2D eigenvalue weighted by Gasteiger charge is -2.36. The summed E-state index contributed by atoms with van der Waals surface area (Å²) in [5.74, 6) is 0.566. The minimum absolute atomic E-state index is 0.0695. The van der Waals surface area contributed by atoms with Gasteiger partial charge in [0.05, 0.1) is 11.4 Å². The maximum Gasteiger partial charge on any atom is 0.262 e. The molecule has 31 heavy (non-hydrogen) atoms. The maximum atomic E-state index is 12.5. The lowest BCUT2D eigenvalue weighted by molar-refractivity contribution is -0.118. The fraction of sp³-hybridized carbons (Fsp3) is 0.417. The van der Waals surface area contributed by atoms with E-state index in [9.17, 15) is 9.59 Å². The molecule has 7 nitrogen and oxygen atoms in total. The summed E-state index contributed by atoms with van der Waals surface area (Å²) in [4.78, 5) is 30.9. The summed E-state index contributed by atoms with van der Waals surface area (Å²) in [6.07, 6.45) is 1.50. The Morgan fingerprint density at radius 1 is 1.00 bits per heavy atom. The van der Waals surface area contributed by atoms with Crippen molar-refractivity contribution in [3.8, 4) is 5.75 Å². The molecule has 7 heteroatoms. The number of hydrogen-bond donors (Lipinski definition) is 1. The highest BCUT2D eigenvalue weighted by molar-refractivity contribution is 5.96. The summed E-state index contributed by atoms with van der Waals surface area (Å²) in [6, 6.07) is 15.2. The zero-order valence-corrected chi connectivity index (χ0v) is 18.0. The number of nitrogens with one attached hydrogen (secondary N) is 1.